The van der Waals surface area contributed by atoms with Gasteiger partial charge in [-0.3, -0.25) is 0 Å². The lowest BCUT2D eigenvalue weighted by Gasteiger charge is -2.35. The maximum absolute atomic E-state index is 8.51. The third-order valence-corrected chi connectivity index (χ3v) is 6.55. The zero-order valence-corrected chi connectivity index (χ0v) is 16.3. The van der Waals surface area contributed by atoms with Crippen molar-refractivity contribution in [3.05, 3.63) is 36.5 Å². The van der Waals surface area contributed by atoms with Crippen molar-refractivity contribution in [3.63, 3.8) is 0 Å². The quantitative estimate of drug-likeness (QED) is 0.196. The van der Waals surface area contributed by atoms with Crippen molar-refractivity contribution >= 4 is 0 Å². The average molecular weight is 340 g/mol. The molecule has 138 valence electrons. The first kappa shape index (κ1) is 20.0. The summed E-state index contributed by atoms with van der Waals surface area (Å²) in [6.45, 7) is 6.85. The van der Waals surface area contributed by atoms with E-state index in [0.717, 1.165) is 17.8 Å². The van der Waals surface area contributed by atoms with Gasteiger partial charge in [-0.25, -0.2) is 0 Å². The van der Waals surface area contributed by atoms with E-state index in [1.165, 1.54) is 77.0 Å². The maximum atomic E-state index is 8.51. The zero-order valence-electron chi connectivity index (χ0n) is 16.3. The van der Waals surface area contributed by atoms with Gasteiger partial charge in [0.1, 0.15) is 0 Å². The Hall–Kier alpha value is -1.29. The number of hydrogen-bond acceptors (Lipinski definition) is 1. The lowest BCUT2D eigenvalue weighted by molar-refractivity contribution is 0.253. The summed E-state index contributed by atoms with van der Waals surface area (Å²) in [6.07, 6.45) is 24.3. The molecule has 0 amide bonds. The fourth-order valence-corrected chi connectivity index (χ4v) is 4.84. The van der Waals surface area contributed by atoms with E-state index >= 15 is 0 Å². The van der Waals surface area contributed by atoms with E-state index in [2.05, 4.69) is 19.6 Å². The molecule has 0 atom stereocenters. The first-order chi connectivity index (χ1) is 12.2. The normalized spacial score (nSPS) is 30.6. The molecule has 1 heteroatoms. The second-order valence-corrected chi connectivity index (χ2v) is 8.27. The molecule has 2 saturated carbocycles. The molecule has 0 radical (unpaired) electrons. The maximum Gasteiger partial charge on any atom is 0.0912 e. The van der Waals surface area contributed by atoms with Crippen molar-refractivity contribution < 1.29 is 0 Å². The Balaban J connectivity index is 1.68. The Morgan fingerprint density at radius 3 is 2.20 bits per heavy atom. The number of nitrogens with zero attached hydrogens (tertiary/aromatic N) is 1. The highest BCUT2D eigenvalue weighted by Crippen LogP contribution is 2.42. The summed E-state index contributed by atoms with van der Waals surface area (Å²) < 4.78 is 0. The largest absolute Gasteiger partial charge is 0.193 e. The average Bonchev–Trinajstić information content (AvgIpc) is 2.66. The molecular formula is C24H37N. The van der Waals surface area contributed by atoms with E-state index in [-0.39, 0.29) is 0 Å². The van der Waals surface area contributed by atoms with Crippen molar-refractivity contribution in [3.8, 4) is 6.07 Å². The highest BCUT2D eigenvalue weighted by molar-refractivity contribution is 5.13. The third kappa shape index (κ3) is 6.85. The molecule has 25 heavy (non-hydrogen) atoms. The third-order valence-electron chi connectivity index (χ3n) is 6.55. The molecule has 2 aliphatic carbocycles. The SMILES string of the molecule is C=C(C1CCC(/C=C/C=C/C#N)CC1)C1CCC(CCCCC)CC1. The van der Waals surface area contributed by atoms with Crippen LogP contribution in [0, 0.1) is 35.0 Å². The monoisotopic (exact) mass is 339 g/mol. The minimum Gasteiger partial charge on any atom is -0.193 e. The molecule has 0 aromatic heterocycles. The van der Waals surface area contributed by atoms with Gasteiger partial charge in [0.05, 0.1) is 6.07 Å². The van der Waals surface area contributed by atoms with Crippen LogP contribution >= 0.6 is 0 Å². The lowest BCUT2D eigenvalue weighted by Crippen LogP contribution is -2.22. The minimum absolute atomic E-state index is 0.696. The Morgan fingerprint density at radius 2 is 1.60 bits per heavy atom. The molecule has 0 aromatic rings. The van der Waals surface area contributed by atoms with Gasteiger partial charge in [0.2, 0.25) is 0 Å². The van der Waals surface area contributed by atoms with E-state index in [1.54, 1.807) is 11.6 Å². The van der Waals surface area contributed by atoms with Crippen LogP contribution in [0.1, 0.15) is 84.0 Å². The van der Waals surface area contributed by atoms with Gasteiger partial charge in [0.25, 0.3) is 0 Å². The van der Waals surface area contributed by atoms with E-state index in [0.29, 0.717) is 5.92 Å². The Labute approximate surface area is 155 Å². The summed E-state index contributed by atoms with van der Waals surface area (Å²) in [5.41, 5.74) is 1.58. The van der Waals surface area contributed by atoms with Crippen molar-refractivity contribution in [2.45, 2.75) is 84.0 Å². The van der Waals surface area contributed by atoms with Crippen LogP contribution in [0.2, 0.25) is 0 Å². The van der Waals surface area contributed by atoms with Gasteiger partial charge in [0.15, 0.2) is 0 Å². The van der Waals surface area contributed by atoms with Crippen LogP contribution in [-0.4, -0.2) is 0 Å². The predicted octanol–water partition coefficient (Wildman–Crippen LogP) is 7.37. The molecule has 2 aliphatic rings. The summed E-state index contributed by atoms with van der Waals surface area (Å²) in [5, 5.41) is 8.51. The first-order valence-electron chi connectivity index (χ1n) is 10.7. The Bertz CT molecular complexity index is 477. The van der Waals surface area contributed by atoms with Crippen molar-refractivity contribution in [2.24, 2.45) is 23.7 Å². The highest BCUT2D eigenvalue weighted by atomic mass is 14.3. The molecule has 0 bridgehead atoms. The molecule has 0 spiro atoms. The van der Waals surface area contributed by atoms with Crippen LogP contribution in [0.5, 0.6) is 0 Å². The highest BCUT2D eigenvalue weighted by Gasteiger charge is 2.28. The van der Waals surface area contributed by atoms with Crippen LogP contribution in [0.4, 0.5) is 0 Å². The number of rotatable bonds is 8. The Kier molecular flexibility index (Phi) is 9.09. The molecule has 0 N–H and O–H groups in total. The summed E-state index contributed by atoms with van der Waals surface area (Å²) in [4.78, 5) is 0. The molecule has 2 rings (SSSR count). The summed E-state index contributed by atoms with van der Waals surface area (Å²) >= 11 is 0. The van der Waals surface area contributed by atoms with E-state index < -0.39 is 0 Å². The fraction of sp³-hybridized carbons (Fsp3) is 0.708. The lowest BCUT2D eigenvalue weighted by atomic mass is 9.70. The van der Waals surface area contributed by atoms with Crippen molar-refractivity contribution in [1.82, 2.24) is 0 Å². The van der Waals surface area contributed by atoms with E-state index in [9.17, 15) is 0 Å². The number of allylic oxidation sites excluding steroid dienone is 5. The van der Waals surface area contributed by atoms with Crippen LogP contribution < -0.4 is 0 Å². The topological polar surface area (TPSA) is 23.8 Å². The standard InChI is InChI=1S/C24H37N/c1-3-4-6-9-21-11-15-23(16-12-21)20(2)24-17-13-22(14-18-24)10-7-5-8-19-25/h5,7-8,10,21-24H,2-4,6,9,11-18H2,1H3/b8-5+,10-7+. The molecule has 0 heterocycles. The van der Waals surface area contributed by atoms with Gasteiger partial charge < -0.3 is 0 Å². The summed E-state index contributed by atoms with van der Waals surface area (Å²) in [6, 6.07) is 2.04. The fourth-order valence-electron chi connectivity index (χ4n) is 4.84. The zero-order chi connectivity index (χ0) is 17.9. The molecule has 0 saturated heterocycles. The number of hydrogen-bond donors (Lipinski definition) is 0. The van der Waals surface area contributed by atoms with Gasteiger partial charge in [-0.05, 0) is 75.0 Å². The van der Waals surface area contributed by atoms with Gasteiger partial charge in [-0.1, -0.05) is 63.0 Å². The van der Waals surface area contributed by atoms with Gasteiger partial charge in [-0.2, -0.15) is 5.26 Å². The van der Waals surface area contributed by atoms with Crippen LogP contribution in [-0.2, 0) is 0 Å². The molecular weight excluding hydrogens is 302 g/mol. The summed E-state index contributed by atoms with van der Waals surface area (Å²) in [5.74, 6) is 3.26. The van der Waals surface area contributed by atoms with Gasteiger partial charge in [-0.15, -0.1) is 0 Å². The van der Waals surface area contributed by atoms with Crippen molar-refractivity contribution in [1.29, 1.82) is 5.26 Å². The molecule has 0 unspecified atom stereocenters. The van der Waals surface area contributed by atoms with Crippen molar-refractivity contribution in [2.75, 3.05) is 0 Å². The first-order valence-corrected chi connectivity index (χ1v) is 10.7. The van der Waals surface area contributed by atoms with Crippen LogP contribution in [0.15, 0.2) is 36.5 Å². The molecule has 1 nitrogen and oxygen atoms in total. The molecule has 0 aliphatic heterocycles. The molecule has 2 fully saturated rings. The van der Waals surface area contributed by atoms with E-state index in [4.69, 9.17) is 5.26 Å². The van der Waals surface area contributed by atoms with Crippen LogP contribution in [0.25, 0.3) is 0 Å². The second-order valence-electron chi connectivity index (χ2n) is 8.27. The predicted molar refractivity (Wildman–Crippen MR) is 108 cm³/mol. The van der Waals surface area contributed by atoms with Gasteiger partial charge >= 0.3 is 0 Å². The number of nitriles is 1. The van der Waals surface area contributed by atoms with E-state index in [1.807, 2.05) is 18.2 Å². The van der Waals surface area contributed by atoms with Gasteiger partial charge in [0, 0.05) is 6.08 Å². The second kappa shape index (κ2) is 11.3. The van der Waals surface area contributed by atoms with Crippen LogP contribution in [0.3, 0.4) is 0 Å². The molecule has 0 aromatic carbocycles. The number of unbranched alkanes of at least 4 members (excludes halogenated alkanes) is 2. The smallest absolute Gasteiger partial charge is 0.0912 e. The Morgan fingerprint density at radius 1 is 0.960 bits per heavy atom. The summed E-state index contributed by atoms with van der Waals surface area (Å²) in [7, 11) is 0. The minimum atomic E-state index is 0.696.